The van der Waals surface area contributed by atoms with E-state index in [1.807, 2.05) is 65.6 Å². The second-order valence-electron chi connectivity index (χ2n) is 8.94. The van der Waals surface area contributed by atoms with E-state index in [9.17, 15) is 9.59 Å². The molecule has 33 heavy (non-hydrogen) atoms. The van der Waals surface area contributed by atoms with Crippen LogP contribution in [0.2, 0.25) is 0 Å². The Morgan fingerprint density at radius 1 is 0.848 bits per heavy atom. The van der Waals surface area contributed by atoms with Crippen molar-refractivity contribution in [3.63, 3.8) is 0 Å². The second kappa shape index (κ2) is 12.5. The average molecular weight is 454 g/mol. The van der Waals surface area contributed by atoms with Gasteiger partial charge in [0.15, 0.2) is 5.67 Å². The van der Waals surface area contributed by atoms with Gasteiger partial charge in [-0.05, 0) is 36.8 Å². The lowest BCUT2D eigenvalue weighted by molar-refractivity contribution is -0.140. The van der Waals surface area contributed by atoms with E-state index in [0.29, 0.717) is 49.9 Å². The molecule has 1 aliphatic heterocycles. The van der Waals surface area contributed by atoms with Crippen LogP contribution in [0.5, 0.6) is 0 Å². The highest BCUT2D eigenvalue weighted by atomic mass is 19.1. The molecule has 4 nitrogen and oxygen atoms in total. The number of rotatable bonds is 11. The molecule has 0 radical (unpaired) electrons. The molecule has 0 spiro atoms. The molecule has 178 valence electrons. The van der Waals surface area contributed by atoms with Gasteiger partial charge >= 0.3 is 5.97 Å². The lowest BCUT2D eigenvalue weighted by Crippen LogP contribution is -2.44. The maximum atomic E-state index is 16.8. The standard InChI is InChI=1S/C28H36FNO3/c1-33-27(32)18-12-4-2-3-11-17-26(31)30-21-19-25(20-22-30)28(29,23-13-7-5-8-14-23)24-15-9-6-10-16-24/h5-10,13-16,25H,2-4,11-12,17-22H2,1H3. The van der Waals surface area contributed by atoms with Gasteiger partial charge in [-0.15, -0.1) is 0 Å². The summed E-state index contributed by atoms with van der Waals surface area (Å²) in [6.07, 6.45) is 6.99. The summed E-state index contributed by atoms with van der Waals surface area (Å²) in [5.74, 6) is -0.154. The van der Waals surface area contributed by atoms with Crippen molar-refractivity contribution in [2.75, 3.05) is 20.2 Å². The molecule has 5 heteroatoms. The quantitative estimate of drug-likeness (QED) is 0.308. The van der Waals surface area contributed by atoms with Crippen LogP contribution in [0.25, 0.3) is 0 Å². The molecular weight excluding hydrogens is 417 g/mol. The number of carbonyl (C=O) groups is 2. The van der Waals surface area contributed by atoms with E-state index in [1.165, 1.54) is 7.11 Å². The van der Waals surface area contributed by atoms with Crippen LogP contribution in [0.15, 0.2) is 60.7 Å². The van der Waals surface area contributed by atoms with Gasteiger partial charge in [0.25, 0.3) is 0 Å². The number of piperidine rings is 1. The zero-order chi connectivity index (χ0) is 23.5. The maximum Gasteiger partial charge on any atom is 0.305 e. The fourth-order valence-electron chi connectivity index (χ4n) is 4.86. The third-order valence-electron chi connectivity index (χ3n) is 6.80. The van der Waals surface area contributed by atoms with Crippen LogP contribution >= 0.6 is 0 Å². The highest BCUT2D eigenvalue weighted by molar-refractivity contribution is 5.76. The van der Waals surface area contributed by atoms with Gasteiger partial charge < -0.3 is 9.64 Å². The zero-order valence-corrected chi connectivity index (χ0v) is 19.7. The molecule has 0 unspecified atom stereocenters. The van der Waals surface area contributed by atoms with Crippen molar-refractivity contribution in [1.29, 1.82) is 0 Å². The molecule has 1 saturated heterocycles. The third kappa shape index (κ3) is 6.66. The Hall–Kier alpha value is -2.69. The Kier molecular flexibility index (Phi) is 9.47. The highest BCUT2D eigenvalue weighted by Gasteiger charge is 2.44. The summed E-state index contributed by atoms with van der Waals surface area (Å²) >= 11 is 0. The topological polar surface area (TPSA) is 46.6 Å². The number of hydrogen-bond donors (Lipinski definition) is 0. The first-order chi connectivity index (χ1) is 16.1. The molecule has 0 saturated carbocycles. The number of hydrogen-bond acceptors (Lipinski definition) is 3. The summed E-state index contributed by atoms with van der Waals surface area (Å²) in [4.78, 5) is 25.7. The fraction of sp³-hybridized carbons (Fsp3) is 0.500. The van der Waals surface area contributed by atoms with E-state index in [4.69, 9.17) is 0 Å². The summed E-state index contributed by atoms with van der Waals surface area (Å²) in [6.45, 7) is 1.21. The average Bonchev–Trinajstić information content (AvgIpc) is 2.88. The SMILES string of the molecule is COC(=O)CCCCCCCC(=O)N1CCC(C(F)(c2ccccc2)c2ccccc2)CC1. The van der Waals surface area contributed by atoms with Crippen LogP contribution < -0.4 is 0 Å². The van der Waals surface area contributed by atoms with Gasteiger partial charge in [-0.3, -0.25) is 9.59 Å². The molecule has 1 heterocycles. The first-order valence-electron chi connectivity index (χ1n) is 12.2. The molecule has 3 rings (SSSR count). The Balaban J connectivity index is 1.49. The van der Waals surface area contributed by atoms with Gasteiger partial charge in [-0.1, -0.05) is 79.9 Å². The number of benzene rings is 2. The molecule has 0 aliphatic carbocycles. The van der Waals surface area contributed by atoms with Crippen molar-refractivity contribution in [3.8, 4) is 0 Å². The van der Waals surface area contributed by atoms with E-state index >= 15 is 4.39 Å². The van der Waals surface area contributed by atoms with Crippen molar-refractivity contribution in [1.82, 2.24) is 4.90 Å². The predicted octanol–water partition coefficient (Wildman–Crippen LogP) is 6.04. The Bertz CT molecular complexity index is 824. The van der Waals surface area contributed by atoms with Gasteiger partial charge in [0.05, 0.1) is 7.11 Å². The van der Waals surface area contributed by atoms with Gasteiger partial charge in [0.1, 0.15) is 0 Å². The van der Waals surface area contributed by atoms with E-state index in [1.54, 1.807) is 0 Å². The smallest absolute Gasteiger partial charge is 0.305 e. The number of likely N-dealkylation sites (tertiary alicyclic amines) is 1. The van der Waals surface area contributed by atoms with Crippen LogP contribution in [0.1, 0.15) is 68.9 Å². The predicted molar refractivity (Wildman–Crippen MR) is 128 cm³/mol. The number of ether oxygens (including phenoxy) is 1. The van der Waals surface area contributed by atoms with Gasteiger partial charge in [0.2, 0.25) is 5.91 Å². The number of unbranched alkanes of at least 4 members (excludes halogenated alkanes) is 4. The van der Waals surface area contributed by atoms with Gasteiger partial charge in [-0.2, -0.15) is 0 Å². The first kappa shape index (κ1) is 24.9. The molecule has 0 atom stereocenters. The summed E-state index contributed by atoms with van der Waals surface area (Å²) < 4.78 is 21.4. The second-order valence-corrected chi connectivity index (χ2v) is 8.94. The highest BCUT2D eigenvalue weighted by Crippen LogP contribution is 2.45. The van der Waals surface area contributed by atoms with Crippen molar-refractivity contribution in [2.24, 2.45) is 5.92 Å². The molecule has 0 aromatic heterocycles. The van der Waals surface area contributed by atoms with Gasteiger partial charge in [0, 0.05) is 31.8 Å². The molecule has 1 aliphatic rings. The number of esters is 1. The van der Waals surface area contributed by atoms with Crippen LogP contribution in [0.3, 0.4) is 0 Å². The monoisotopic (exact) mass is 453 g/mol. The van der Waals surface area contributed by atoms with Crippen LogP contribution in [0, 0.1) is 5.92 Å². The molecule has 0 bridgehead atoms. The maximum absolute atomic E-state index is 16.8. The third-order valence-corrected chi connectivity index (χ3v) is 6.80. The number of halogens is 1. The van der Waals surface area contributed by atoms with Crippen LogP contribution in [0.4, 0.5) is 4.39 Å². The number of carbonyl (C=O) groups excluding carboxylic acids is 2. The minimum atomic E-state index is -1.55. The summed E-state index contributed by atoms with van der Waals surface area (Å²) in [6, 6.07) is 18.9. The van der Waals surface area contributed by atoms with Crippen molar-refractivity contribution in [2.45, 2.75) is 63.5 Å². The number of methoxy groups -OCH3 is 1. The molecule has 1 amide bonds. The largest absolute Gasteiger partial charge is 0.469 e. The fourth-order valence-corrected chi connectivity index (χ4v) is 4.86. The lowest BCUT2D eigenvalue weighted by Gasteiger charge is -2.40. The van der Waals surface area contributed by atoms with E-state index in [-0.39, 0.29) is 17.8 Å². The summed E-state index contributed by atoms with van der Waals surface area (Å²) in [7, 11) is 1.41. The molecular formula is C28H36FNO3. The lowest BCUT2D eigenvalue weighted by atomic mass is 9.73. The number of alkyl halides is 1. The Labute approximate surface area is 197 Å². The summed E-state index contributed by atoms with van der Waals surface area (Å²) in [5, 5.41) is 0. The molecule has 2 aromatic rings. The number of nitrogens with zero attached hydrogens (tertiary/aromatic N) is 1. The Morgan fingerprint density at radius 3 is 1.85 bits per heavy atom. The zero-order valence-electron chi connectivity index (χ0n) is 19.7. The van der Waals surface area contributed by atoms with Crippen molar-refractivity contribution in [3.05, 3.63) is 71.8 Å². The van der Waals surface area contributed by atoms with E-state index < -0.39 is 5.67 Å². The molecule has 1 fully saturated rings. The van der Waals surface area contributed by atoms with Crippen molar-refractivity contribution >= 4 is 11.9 Å². The van der Waals surface area contributed by atoms with E-state index in [0.717, 1.165) is 32.1 Å². The number of amides is 1. The van der Waals surface area contributed by atoms with Crippen LogP contribution in [-0.4, -0.2) is 37.0 Å². The van der Waals surface area contributed by atoms with Crippen molar-refractivity contribution < 1.29 is 18.7 Å². The molecule has 0 N–H and O–H groups in total. The van der Waals surface area contributed by atoms with Crippen LogP contribution in [-0.2, 0) is 20.0 Å². The minimum absolute atomic E-state index is 0.162. The summed E-state index contributed by atoms with van der Waals surface area (Å²) in [5.41, 5.74) is -0.177. The Morgan fingerprint density at radius 2 is 1.33 bits per heavy atom. The first-order valence-corrected chi connectivity index (χ1v) is 12.2. The molecule has 2 aromatic carbocycles. The minimum Gasteiger partial charge on any atom is -0.469 e. The normalized spacial score (nSPS) is 14.8. The van der Waals surface area contributed by atoms with Gasteiger partial charge in [-0.25, -0.2) is 4.39 Å². The van der Waals surface area contributed by atoms with E-state index in [2.05, 4.69) is 4.74 Å².